The van der Waals surface area contributed by atoms with Crippen molar-refractivity contribution in [3.05, 3.63) is 46.8 Å². The van der Waals surface area contributed by atoms with Crippen molar-refractivity contribution in [1.82, 2.24) is 20.4 Å². The summed E-state index contributed by atoms with van der Waals surface area (Å²) in [5.74, 6) is -0.0683. The van der Waals surface area contributed by atoms with Gasteiger partial charge in [-0.1, -0.05) is 18.2 Å². The number of carbonyl (C=O) groups excluding carboxylic acids is 1. The number of nitrogens with one attached hydrogen (secondary N) is 2. The van der Waals surface area contributed by atoms with Crippen LogP contribution in [-0.4, -0.2) is 34.3 Å². The molecule has 0 radical (unpaired) electrons. The molecule has 1 aromatic heterocycles. The number of hydrogen-bond donors (Lipinski definition) is 2. The van der Waals surface area contributed by atoms with Crippen molar-refractivity contribution in [2.75, 3.05) is 13.1 Å². The highest BCUT2D eigenvalue weighted by atomic mass is 16.1. The number of nitrogens with zero attached hydrogens (tertiary/aromatic N) is 2. The van der Waals surface area contributed by atoms with E-state index >= 15 is 0 Å². The van der Waals surface area contributed by atoms with Crippen LogP contribution in [0.25, 0.3) is 5.69 Å². The molecular formula is C20H28N4O. The Morgan fingerprint density at radius 1 is 1.20 bits per heavy atom. The molecule has 0 saturated carbocycles. The summed E-state index contributed by atoms with van der Waals surface area (Å²) < 4.78 is 1.97. The van der Waals surface area contributed by atoms with Gasteiger partial charge in [0.05, 0.1) is 5.69 Å². The van der Waals surface area contributed by atoms with Gasteiger partial charge in [0.2, 0.25) is 0 Å². The van der Waals surface area contributed by atoms with Gasteiger partial charge in [0.1, 0.15) is 0 Å². The molecule has 5 heteroatoms. The van der Waals surface area contributed by atoms with Crippen LogP contribution in [0.4, 0.5) is 0 Å². The van der Waals surface area contributed by atoms with Crippen molar-refractivity contribution in [3.8, 4) is 5.69 Å². The Labute approximate surface area is 149 Å². The van der Waals surface area contributed by atoms with E-state index in [2.05, 4.69) is 55.6 Å². The lowest BCUT2D eigenvalue weighted by Crippen LogP contribution is -2.41. The molecule has 0 unspecified atom stereocenters. The van der Waals surface area contributed by atoms with Crippen molar-refractivity contribution in [1.29, 1.82) is 0 Å². The summed E-state index contributed by atoms with van der Waals surface area (Å²) >= 11 is 0. The molecule has 0 spiro atoms. The van der Waals surface area contributed by atoms with Gasteiger partial charge in [0, 0.05) is 29.9 Å². The third-order valence-corrected chi connectivity index (χ3v) is 4.55. The first-order chi connectivity index (χ1) is 11.9. The summed E-state index contributed by atoms with van der Waals surface area (Å²) in [6.07, 6.45) is 3.00. The van der Waals surface area contributed by atoms with Gasteiger partial charge in [-0.3, -0.25) is 4.79 Å². The zero-order valence-corrected chi connectivity index (χ0v) is 15.6. The largest absolute Gasteiger partial charge is 0.349 e. The molecule has 0 atom stereocenters. The average molecular weight is 340 g/mol. The molecule has 3 rings (SSSR count). The highest BCUT2D eigenvalue weighted by Crippen LogP contribution is 2.28. The number of hydrogen-bond acceptors (Lipinski definition) is 3. The molecule has 0 aliphatic heterocycles. The summed E-state index contributed by atoms with van der Waals surface area (Å²) in [7, 11) is 0. The topological polar surface area (TPSA) is 59.0 Å². The second kappa shape index (κ2) is 7.00. The lowest BCUT2D eigenvalue weighted by atomic mass is 10.1. The molecule has 0 bridgehead atoms. The van der Waals surface area contributed by atoms with E-state index in [1.54, 1.807) is 0 Å². The van der Waals surface area contributed by atoms with E-state index in [0.717, 1.165) is 37.1 Å². The molecule has 1 aromatic carbocycles. The van der Waals surface area contributed by atoms with E-state index in [1.807, 2.05) is 16.8 Å². The fourth-order valence-electron chi connectivity index (χ4n) is 3.32. The second-order valence-corrected chi connectivity index (χ2v) is 7.76. The maximum atomic E-state index is 12.6. The van der Waals surface area contributed by atoms with Crippen LogP contribution in [0.5, 0.6) is 0 Å². The van der Waals surface area contributed by atoms with E-state index in [-0.39, 0.29) is 11.4 Å². The van der Waals surface area contributed by atoms with Crippen molar-refractivity contribution >= 4 is 5.91 Å². The van der Waals surface area contributed by atoms with Gasteiger partial charge in [-0.2, -0.15) is 5.10 Å². The Bertz CT molecular complexity index is 770. The van der Waals surface area contributed by atoms with Crippen LogP contribution < -0.4 is 10.6 Å². The van der Waals surface area contributed by atoms with Crippen LogP contribution in [0.2, 0.25) is 0 Å². The number of para-hydroxylation sites is 1. The van der Waals surface area contributed by atoms with Crippen LogP contribution >= 0.6 is 0 Å². The van der Waals surface area contributed by atoms with Crippen molar-refractivity contribution in [2.24, 2.45) is 0 Å². The number of aryl methyl sites for hydroxylation is 1. The summed E-state index contributed by atoms with van der Waals surface area (Å²) in [6.45, 7) is 9.77. The van der Waals surface area contributed by atoms with Gasteiger partial charge >= 0.3 is 0 Å². The first-order valence-corrected chi connectivity index (χ1v) is 9.07. The van der Waals surface area contributed by atoms with Gasteiger partial charge in [0.25, 0.3) is 5.91 Å². The number of carbonyl (C=O) groups is 1. The predicted octanol–water partition coefficient (Wildman–Crippen LogP) is 2.79. The number of benzene rings is 1. The van der Waals surface area contributed by atoms with Crippen molar-refractivity contribution in [3.63, 3.8) is 0 Å². The van der Waals surface area contributed by atoms with Crippen LogP contribution in [0.3, 0.4) is 0 Å². The van der Waals surface area contributed by atoms with Gasteiger partial charge in [-0.15, -0.1) is 0 Å². The standard InChI is InChI=1S/C20H28N4O/c1-14-8-5-6-10-16(14)24-17-11-7-9-15(17)18(23-24)19(25)21-12-13-22-20(2,3)4/h5-6,8,10,22H,7,9,11-13H2,1-4H3,(H,21,25). The van der Waals surface area contributed by atoms with E-state index in [1.165, 1.54) is 11.3 Å². The molecule has 25 heavy (non-hydrogen) atoms. The zero-order chi connectivity index (χ0) is 18.0. The molecule has 0 fully saturated rings. The van der Waals surface area contributed by atoms with E-state index in [9.17, 15) is 4.79 Å². The minimum absolute atomic E-state index is 0.0540. The summed E-state index contributed by atoms with van der Waals surface area (Å²) in [5.41, 5.74) is 5.18. The van der Waals surface area contributed by atoms with E-state index < -0.39 is 0 Å². The summed E-state index contributed by atoms with van der Waals surface area (Å²) in [5, 5.41) is 11.1. The van der Waals surface area contributed by atoms with Gasteiger partial charge in [-0.25, -0.2) is 4.68 Å². The fraction of sp³-hybridized carbons (Fsp3) is 0.500. The summed E-state index contributed by atoms with van der Waals surface area (Å²) in [6, 6.07) is 8.19. The maximum absolute atomic E-state index is 12.6. The average Bonchev–Trinajstić information content (AvgIpc) is 3.13. The zero-order valence-electron chi connectivity index (χ0n) is 15.6. The van der Waals surface area contributed by atoms with Crippen LogP contribution in [-0.2, 0) is 12.8 Å². The molecule has 2 aromatic rings. The molecule has 0 saturated heterocycles. The number of aromatic nitrogens is 2. The highest BCUT2D eigenvalue weighted by Gasteiger charge is 2.27. The highest BCUT2D eigenvalue weighted by molar-refractivity contribution is 5.94. The first-order valence-electron chi connectivity index (χ1n) is 9.07. The molecule has 134 valence electrons. The van der Waals surface area contributed by atoms with Crippen LogP contribution in [0.1, 0.15) is 54.5 Å². The molecule has 1 heterocycles. The van der Waals surface area contributed by atoms with E-state index in [0.29, 0.717) is 12.2 Å². The Hall–Kier alpha value is -2.14. The molecule has 1 aliphatic carbocycles. The Balaban J connectivity index is 1.78. The number of rotatable bonds is 5. The SMILES string of the molecule is Cc1ccccc1-n1nc(C(=O)NCCNC(C)(C)C)c2c1CCC2. The molecule has 5 nitrogen and oxygen atoms in total. The number of amides is 1. The third kappa shape index (κ3) is 3.93. The second-order valence-electron chi connectivity index (χ2n) is 7.76. The van der Waals surface area contributed by atoms with Crippen molar-refractivity contribution < 1.29 is 4.79 Å². The van der Waals surface area contributed by atoms with Gasteiger partial charge < -0.3 is 10.6 Å². The fourth-order valence-corrected chi connectivity index (χ4v) is 3.32. The quantitative estimate of drug-likeness (QED) is 0.823. The first kappa shape index (κ1) is 17.7. The molecular weight excluding hydrogens is 312 g/mol. The molecule has 1 aliphatic rings. The van der Waals surface area contributed by atoms with Gasteiger partial charge in [-0.05, 0) is 58.6 Å². The van der Waals surface area contributed by atoms with Crippen molar-refractivity contribution in [2.45, 2.75) is 52.5 Å². The van der Waals surface area contributed by atoms with Crippen LogP contribution in [0, 0.1) is 6.92 Å². The normalized spacial score (nSPS) is 13.8. The smallest absolute Gasteiger partial charge is 0.272 e. The Morgan fingerprint density at radius 2 is 1.96 bits per heavy atom. The monoisotopic (exact) mass is 340 g/mol. The minimum atomic E-state index is -0.0683. The molecule has 1 amide bonds. The maximum Gasteiger partial charge on any atom is 0.272 e. The van der Waals surface area contributed by atoms with E-state index in [4.69, 9.17) is 0 Å². The lowest BCUT2D eigenvalue weighted by Gasteiger charge is -2.20. The van der Waals surface area contributed by atoms with Crippen LogP contribution in [0.15, 0.2) is 24.3 Å². The Morgan fingerprint density at radius 3 is 2.68 bits per heavy atom. The number of fused-ring (bicyclic) bond motifs is 1. The molecule has 2 N–H and O–H groups in total. The Kier molecular flexibility index (Phi) is 4.95. The minimum Gasteiger partial charge on any atom is -0.349 e. The lowest BCUT2D eigenvalue weighted by molar-refractivity contribution is 0.0946. The summed E-state index contributed by atoms with van der Waals surface area (Å²) in [4.78, 5) is 12.6. The van der Waals surface area contributed by atoms with Gasteiger partial charge in [0.15, 0.2) is 5.69 Å². The predicted molar refractivity (Wildman–Crippen MR) is 100 cm³/mol. The third-order valence-electron chi connectivity index (χ3n) is 4.55.